The van der Waals surface area contributed by atoms with Crippen molar-refractivity contribution in [1.29, 1.82) is 0 Å². The molecule has 41 heavy (non-hydrogen) atoms. The van der Waals surface area contributed by atoms with E-state index in [9.17, 15) is 0 Å². The lowest BCUT2D eigenvalue weighted by Crippen LogP contribution is -2.45. The van der Waals surface area contributed by atoms with Gasteiger partial charge in [0.25, 0.3) is 0 Å². The molecule has 0 saturated carbocycles. The summed E-state index contributed by atoms with van der Waals surface area (Å²) < 4.78 is 6.20. The molecule has 2 aliphatic heterocycles. The summed E-state index contributed by atoms with van der Waals surface area (Å²) in [5.74, 6) is 3.13. The van der Waals surface area contributed by atoms with Gasteiger partial charge >= 0.3 is 0 Å². The third-order valence-corrected chi connectivity index (χ3v) is 8.06. The fourth-order valence-electron chi connectivity index (χ4n) is 5.35. The van der Waals surface area contributed by atoms with Crippen LogP contribution in [-0.2, 0) is 13.0 Å². The van der Waals surface area contributed by atoms with Crippen LogP contribution in [0.1, 0.15) is 24.2 Å². The van der Waals surface area contributed by atoms with E-state index in [4.69, 9.17) is 32.9 Å². The highest BCUT2D eigenvalue weighted by Gasteiger charge is 2.22. The first-order valence-electron chi connectivity index (χ1n) is 13.8. The van der Waals surface area contributed by atoms with Crippen molar-refractivity contribution in [2.45, 2.75) is 25.8 Å². The van der Waals surface area contributed by atoms with Crippen LogP contribution in [0.5, 0.6) is 11.6 Å². The zero-order valence-electron chi connectivity index (χ0n) is 22.9. The lowest BCUT2D eigenvalue weighted by molar-refractivity contribution is 0.176. The van der Waals surface area contributed by atoms with Crippen molar-refractivity contribution in [2.75, 3.05) is 51.2 Å². The number of nitrogens with zero attached hydrogens (tertiary/aromatic N) is 9. The molecule has 0 aliphatic carbocycles. The number of pyridine rings is 1. The number of hydrogen-bond acceptors (Lipinski definition) is 10. The van der Waals surface area contributed by atoms with E-state index in [2.05, 4.69) is 58.4 Å². The number of aromatic amines is 1. The average molecular weight is 596 g/mol. The quantitative estimate of drug-likeness (QED) is 0.316. The maximum atomic E-state index is 6.33. The maximum Gasteiger partial charge on any atom is 0.225 e. The first kappa shape index (κ1) is 27.8. The van der Waals surface area contributed by atoms with E-state index in [0.717, 1.165) is 87.7 Å². The Morgan fingerprint density at radius 3 is 2.34 bits per heavy atom. The van der Waals surface area contributed by atoms with Gasteiger partial charge < -0.3 is 14.5 Å². The molecule has 2 saturated heterocycles. The lowest BCUT2D eigenvalue weighted by Gasteiger charge is -2.32. The number of likely N-dealkylation sites (tertiary alicyclic amines) is 1. The van der Waals surface area contributed by atoms with E-state index < -0.39 is 0 Å². The molecular formula is C28H32Cl2N10O. The summed E-state index contributed by atoms with van der Waals surface area (Å²) in [7, 11) is 2.13. The molecule has 2 fully saturated rings. The van der Waals surface area contributed by atoms with Crippen LogP contribution in [0.2, 0.25) is 10.0 Å². The van der Waals surface area contributed by atoms with Crippen LogP contribution in [-0.4, -0.2) is 91.7 Å². The van der Waals surface area contributed by atoms with Gasteiger partial charge in [-0.05, 0) is 79.2 Å². The highest BCUT2D eigenvalue weighted by atomic mass is 35.5. The summed E-state index contributed by atoms with van der Waals surface area (Å²) in [5.41, 5.74) is 2.66. The number of benzene rings is 1. The summed E-state index contributed by atoms with van der Waals surface area (Å²) in [6.45, 7) is 6.54. The molecule has 13 heteroatoms. The van der Waals surface area contributed by atoms with Crippen LogP contribution < -0.4 is 9.64 Å². The number of halogens is 2. The minimum absolute atomic E-state index is 0.470. The van der Waals surface area contributed by atoms with Crippen molar-refractivity contribution in [2.24, 2.45) is 5.92 Å². The lowest BCUT2D eigenvalue weighted by atomic mass is 9.93. The molecule has 1 aromatic carbocycles. The predicted molar refractivity (Wildman–Crippen MR) is 157 cm³/mol. The van der Waals surface area contributed by atoms with Gasteiger partial charge in [-0.2, -0.15) is 0 Å². The molecule has 0 bridgehead atoms. The fourth-order valence-corrected chi connectivity index (χ4v) is 5.88. The van der Waals surface area contributed by atoms with Crippen LogP contribution in [0, 0.1) is 5.92 Å². The Labute approximate surface area is 248 Å². The highest BCUT2D eigenvalue weighted by Crippen LogP contribution is 2.31. The number of nitrogens with one attached hydrogen (secondary N) is 1. The molecule has 4 aromatic rings. The Morgan fingerprint density at radius 2 is 1.66 bits per heavy atom. The highest BCUT2D eigenvalue weighted by molar-refractivity contribution is 6.35. The molecule has 214 valence electrons. The van der Waals surface area contributed by atoms with Crippen molar-refractivity contribution in [3.8, 4) is 22.9 Å². The second-order valence-corrected chi connectivity index (χ2v) is 11.6. The van der Waals surface area contributed by atoms with Crippen molar-refractivity contribution in [3.05, 3.63) is 64.2 Å². The van der Waals surface area contributed by atoms with Gasteiger partial charge in [-0.25, -0.2) is 20.1 Å². The van der Waals surface area contributed by atoms with Gasteiger partial charge in [-0.15, -0.1) is 5.10 Å². The van der Waals surface area contributed by atoms with Gasteiger partial charge in [0, 0.05) is 60.8 Å². The third-order valence-electron chi connectivity index (χ3n) is 7.63. The molecule has 0 unspecified atom stereocenters. The largest absolute Gasteiger partial charge is 0.436 e. The van der Waals surface area contributed by atoms with Crippen LogP contribution in [0.15, 0.2) is 42.7 Å². The maximum absolute atomic E-state index is 6.33. The second kappa shape index (κ2) is 12.6. The van der Waals surface area contributed by atoms with E-state index in [-0.39, 0.29) is 0 Å². The van der Waals surface area contributed by atoms with Gasteiger partial charge in [0.05, 0.1) is 18.1 Å². The number of ether oxygens (including phenoxy) is 1. The Hall–Kier alpha value is -3.38. The number of piperidine rings is 1. The van der Waals surface area contributed by atoms with Gasteiger partial charge in [-0.3, -0.25) is 4.90 Å². The topological polar surface area (TPSA) is 112 Å². The average Bonchev–Trinajstić information content (AvgIpc) is 3.48. The molecule has 2 aliphatic rings. The van der Waals surface area contributed by atoms with Crippen LogP contribution in [0.25, 0.3) is 11.3 Å². The number of rotatable bonds is 8. The first-order chi connectivity index (χ1) is 20.0. The predicted octanol–water partition coefficient (Wildman–Crippen LogP) is 4.36. The second-order valence-electron chi connectivity index (χ2n) is 10.7. The molecule has 0 radical (unpaired) electrons. The smallest absolute Gasteiger partial charge is 0.225 e. The van der Waals surface area contributed by atoms with Crippen LogP contribution in [0.4, 0.5) is 5.95 Å². The van der Waals surface area contributed by atoms with Gasteiger partial charge in [0.2, 0.25) is 11.8 Å². The van der Waals surface area contributed by atoms with E-state index in [1.54, 1.807) is 18.5 Å². The number of tetrazole rings is 1. The summed E-state index contributed by atoms with van der Waals surface area (Å²) >= 11 is 12.7. The molecule has 1 N–H and O–H groups in total. The number of piperazine rings is 1. The standard InChI is InChI=1S/C28H32Cl2N10O/c1-38-6-8-40(9-7-38)28-31-16-24(17-32-28)41-27-12-20(10-25(33-27)21-13-22(29)15-23(30)14-21)18-39-4-2-19(3-5-39)11-26-34-36-37-35-26/h10,12-17,19H,2-9,11,18H2,1H3,(H,34,35,36,37). The summed E-state index contributed by atoms with van der Waals surface area (Å²) in [6, 6.07) is 9.50. The Bertz CT molecular complexity index is 1420. The van der Waals surface area contributed by atoms with Crippen molar-refractivity contribution in [1.82, 2.24) is 45.4 Å². The van der Waals surface area contributed by atoms with E-state index >= 15 is 0 Å². The number of likely N-dealkylation sites (N-methyl/N-ethyl adjacent to an activating group) is 1. The van der Waals surface area contributed by atoms with Crippen molar-refractivity contribution >= 4 is 29.2 Å². The molecule has 0 atom stereocenters. The molecule has 3 aromatic heterocycles. The number of H-pyrrole nitrogens is 1. The van der Waals surface area contributed by atoms with E-state index in [1.807, 2.05) is 18.2 Å². The van der Waals surface area contributed by atoms with Crippen molar-refractivity contribution in [3.63, 3.8) is 0 Å². The molecular weight excluding hydrogens is 563 g/mol. The minimum Gasteiger partial charge on any atom is -0.436 e. The zero-order chi connectivity index (χ0) is 28.2. The molecule has 0 spiro atoms. The van der Waals surface area contributed by atoms with E-state index in [1.165, 1.54) is 0 Å². The molecule has 6 rings (SSSR count). The fraction of sp³-hybridized carbons (Fsp3) is 0.429. The summed E-state index contributed by atoms with van der Waals surface area (Å²) in [5, 5.41) is 15.4. The van der Waals surface area contributed by atoms with Gasteiger partial charge in [0.15, 0.2) is 5.75 Å². The number of aromatic nitrogens is 7. The SMILES string of the molecule is CN1CCN(c2ncc(Oc3cc(CN4CCC(Cc5nnn[nH]5)CC4)cc(-c4cc(Cl)cc(Cl)c4)n3)cn2)CC1. The van der Waals surface area contributed by atoms with Crippen molar-refractivity contribution < 1.29 is 4.74 Å². The molecule has 0 amide bonds. The molecule has 5 heterocycles. The molecule has 11 nitrogen and oxygen atoms in total. The van der Waals surface area contributed by atoms with Crippen LogP contribution in [0.3, 0.4) is 0 Å². The summed E-state index contributed by atoms with van der Waals surface area (Å²) in [6.07, 6.45) is 6.47. The van der Waals surface area contributed by atoms with Gasteiger partial charge in [-0.1, -0.05) is 23.2 Å². The normalized spacial score (nSPS) is 17.2. The third kappa shape index (κ3) is 7.28. The van der Waals surface area contributed by atoms with Crippen LogP contribution >= 0.6 is 23.2 Å². The van der Waals surface area contributed by atoms with Gasteiger partial charge in [0.1, 0.15) is 5.82 Å². The van der Waals surface area contributed by atoms with E-state index in [0.29, 0.717) is 33.5 Å². The minimum atomic E-state index is 0.470. The number of anilines is 1. The first-order valence-corrected chi connectivity index (χ1v) is 14.6. The number of hydrogen-bond donors (Lipinski definition) is 1. The Balaban J connectivity index is 1.18. The Kier molecular flexibility index (Phi) is 8.56. The monoisotopic (exact) mass is 594 g/mol. The Morgan fingerprint density at radius 1 is 0.927 bits per heavy atom. The summed E-state index contributed by atoms with van der Waals surface area (Å²) in [4.78, 5) is 20.9. The zero-order valence-corrected chi connectivity index (χ0v) is 24.4.